The van der Waals surface area contributed by atoms with E-state index in [1.807, 2.05) is 13.8 Å². The number of carbonyl (C=O) groups excluding carboxylic acids is 2. The lowest BCUT2D eigenvalue weighted by Crippen LogP contribution is -2.30. The van der Waals surface area contributed by atoms with E-state index >= 15 is 0 Å². The van der Waals surface area contributed by atoms with Crippen LogP contribution in [-0.2, 0) is 19.6 Å². The predicted octanol–water partition coefficient (Wildman–Crippen LogP) is 0.669. The van der Waals surface area contributed by atoms with Crippen LogP contribution >= 0.6 is 0 Å². The highest BCUT2D eigenvalue weighted by molar-refractivity contribution is 7.89. The molecule has 0 bridgehead atoms. The van der Waals surface area contributed by atoms with Gasteiger partial charge in [0.25, 0.3) is 0 Å². The van der Waals surface area contributed by atoms with Gasteiger partial charge in [0.15, 0.2) is 0 Å². The van der Waals surface area contributed by atoms with E-state index in [-0.39, 0.29) is 41.3 Å². The zero-order valence-corrected chi connectivity index (χ0v) is 12.7. The smallest absolute Gasteiger partial charge is 0.242 e. The number of nitrogens with zero attached hydrogens (tertiary/aromatic N) is 2. The molecule has 0 atom stereocenters. The van der Waals surface area contributed by atoms with Gasteiger partial charge in [-0.2, -0.15) is 0 Å². The van der Waals surface area contributed by atoms with Crippen molar-refractivity contribution in [2.75, 3.05) is 11.4 Å². The Morgan fingerprint density at radius 1 is 1.24 bits per heavy atom. The number of sulfonamides is 1. The minimum atomic E-state index is -3.62. The summed E-state index contributed by atoms with van der Waals surface area (Å²) in [4.78, 5) is 28.1. The molecule has 0 saturated carbocycles. The molecular formula is C13H17N3O4S. The summed E-state index contributed by atoms with van der Waals surface area (Å²) in [7, 11) is -3.62. The lowest BCUT2D eigenvalue weighted by molar-refractivity contribution is -0.121. The molecule has 8 heteroatoms. The van der Waals surface area contributed by atoms with Crippen LogP contribution in [0.15, 0.2) is 23.2 Å². The van der Waals surface area contributed by atoms with E-state index in [4.69, 9.17) is 0 Å². The monoisotopic (exact) mass is 311 g/mol. The van der Waals surface area contributed by atoms with Crippen molar-refractivity contribution >= 4 is 27.7 Å². The Labute approximate surface area is 123 Å². The molecule has 1 N–H and O–H groups in total. The van der Waals surface area contributed by atoms with Gasteiger partial charge in [-0.05, 0) is 18.1 Å². The maximum Gasteiger partial charge on any atom is 0.242 e. The zero-order valence-electron chi connectivity index (χ0n) is 11.9. The van der Waals surface area contributed by atoms with E-state index in [0.717, 1.165) is 11.1 Å². The highest BCUT2D eigenvalue weighted by atomic mass is 32.2. The second kappa shape index (κ2) is 5.90. The summed E-state index contributed by atoms with van der Waals surface area (Å²) in [5.74, 6) is -0.292. The average molecular weight is 311 g/mol. The number of hydrogen-bond acceptors (Lipinski definition) is 5. The molecule has 7 nitrogen and oxygen atoms in total. The van der Waals surface area contributed by atoms with Crippen molar-refractivity contribution in [1.82, 2.24) is 9.71 Å². The molecule has 1 aromatic rings. The van der Waals surface area contributed by atoms with E-state index in [1.54, 1.807) is 0 Å². The largest absolute Gasteiger partial charge is 0.274 e. The van der Waals surface area contributed by atoms with Crippen molar-refractivity contribution in [2.24, 2.45) is 5.92 Å². The van der Waals surface area contributed by atoms with Crippen LogP contribution in [-0.4, -0.2) is 31.8 Å². The molecule has 1 aliphatic heterocycles. The van der Waals surface area contributed by atoms with Crippen molar-refractivity contribution < 1.29 is 18.0 Å². The number of nitrogens with one attached hydrogen (secondary N) is 1. The Bertz CT molecular complexity index is 636. The maximum atomic E-state index is 12.0. The van der Waals surface area contributed by atoms with Crippen molar-refractivity contribution in [3.63, 3.8) is 0 Å². The lowest BCUT2D eigenvalue weighted by Gasteiger charge is -2.13. The van der Waals surface area contributed by atoms with Crippen LogP contribution < -0.4 is 9.62 Å². The fourth-order valence-corrected chi connectivity index (χ4v) is 3.01. The standard InChI is InChI=1S/C13H17N3O4S/c1-9(2)7-15-21(19,20)10-3-4-11(14-8-10)16-12(17)5-6-13(16)18/h3-4,8-9,15H,5-7H2,1-2H3. The van der Waals surface area contributed by atoms with Gasteiger partial charge in [-0.3, -0.25) is 9.59 Å². The van der Waals surface area contributed by atoms with E-state index < -0.39 is 10.0 Å². The molecule has 1 saturated heterocycles. The van der Waals surface area contributed by atoms with Gasteiger partial charge in [0.2, 0.25) is 21.8 Å². The molecule has 2 amide bonds. The van der Waals surface area contributed by atoms with Gasteiger partial charge in [0.1, 0.15) is 10.7 Å². The highest BCUT2D eigenvalue weighted by Crippen LogP contribution is 2.21. The molecule has 0 unspecified atom stereocenters. The summed E-state index contributed by atoms with van der Waals surface area (Å²) >= 11 is 0. The summed E-state index contributed by atoms with van der Waals surface area (Å²) in [5, 5.41) is 0. The second-order valence-corrected chi connectivity index (χ2v) is 6.99. The molecule has 0 aliphatic carbocycles. The van der Waals surface area contributed by atoms with Crippen LogP contribution in [0, 0.1) is 5.92 Å². The van der Waals surface area contributed by atoms with E-state index in [9.17, 15) is 18.0 Å². The first-order chi connectivity index (χ1) is 9.81. The fourth-order valence-electron chi connectivity index (χ4n) is 1.86. The summed E-state index contributed by atoms with van der Waals surface area (Å²) in [6.45, 7) is 4.12. The van der Waals surface area contributed by atoms with Crippen LogP contribution in [0.3, 0.4) is 0 Å². The molecule has 21 heavy (non-hydrogen) atoms. The first-order valence-corrected chi connectivity index (χ1v) is 8.11. The summed E-state index contributed by atoms with van der Waals surface area (Å²) in [6.07, 6.45) is 1.48. The van der Waals surface area contributed by atoms with Crippen molar-refractivity contribution in [3.8, 4) is 0 Å². The molecule has 0 spiro atoms. The number of pyridine rings is 1. The highest BCUT2D eigenvalue weighted by Gasteiger charge is 2.31. The van der Waals surface area contributed by atoms with Gasteiger partial charge in [-0.15, -0.1) is 0 Å². The van der Waals surface area contributed by atoms with E-state index in [0.29, 0.717) is 6.54 Å². The van der Waals surface area contributed by atoms with Gasteiger partial charge >= 0.3 is 0 Å². The number of anilines is 1. The maximum absolute atomic E-state index is 12.0. The average Bonchev–Trinajstić information content (AvgIpc) is 2.76. The Balaban J connectivity index is 2.19. The van der Waals surface area contributed by atoms with Gasteiger partial charge < -0.3 is 0 Å². The molecule has 114 valence electrons. The van der Waals surface area contributed by atoms with Gasteiger partial charge in [0.05, 0.1) is 0 Å². The minimum Gasteiger partial charge on any atom is -0.274 e. The molecule has 2 rings (SSSR count). The molecule has 1 fully saturated rings. The zero-order chi connectivity index (χ0) is 15.6. The molecule has 1 aromatic heterocycles. The number of imide groups is 1. The van der Waals surface area contributed by atoms with Crippen molar-refractivity contribution in [2.45, 2.75) is 31.6 Å². The number of aromatic nitrogens is 1. The van der Waals surface area contributed by atoms with Crippen LogP contribution in [0.2, 0.25) is 0 Å². The summed E-state index contributed by atoms with van der Waals surface area (Å²) < 4.78 is 26.5. The van der Waals surface area contributed by atoms with Crippen LogP contribution in [0.4, 0.5) is 5.82 Å². The Morgan fingerprint density at radius 2 is 1.86 bits per heavy atom. The fraction of sp³-hybridized carbons (Fsp3) is 0.462. The quantitative estimate of drug-likeness (QED) is 0.806. The Morgan fingerprint density at radius 3 is 2.33 bits per heavy atom. The third kappa shape index (κ3) is 3.45. The predicted molar refractivity (Wildman–Crippen MR) is 76.0 cm³/mol. The molecule has 0 aromatic carbocycles. The molecule has 0 radical (unpaired) electrons. The van der Waals surface area contributed by atoms with Gasteiger partial charge in [-0.25, -0.2) is 23.0 Å². The third-order valence-electron chi connectivity index (χ3n) is 2.99. The molecule has 2 heterocycles. The lowest BCUT2D eigenvalue weighted by atomic mass is 10.2. The SMILES string of the molecule is CC(C)CNS(=O)(=O)c1ccc(N2C(=O)CCC2=O)nc1. The summed E-state index contributed by atoms with van der Waals surface area (Å²) in [5.41, 5.74) is 0. The topological polar surface area (TPSA) is 96.4 Å². The normalized spacial score (nSPS) is 16.0. The van der Waals surface area contributed by atoms with Crippen molar-refractivity contribution in [1.29, 1.82) is 0 Å². The number of amides is 2. The first-order valence-electron chi connectivity index (χ1n) is 6.63. The first kappa shape index (κ1) is 15.6. The summed E-state index contributed by atoms with van der Waals surface area (Å²) in [6, 6.07) is 2.70. The number of rotatable bonds is 5. The van der Waals surface area contributed by atoms with Crippen LogP contribution in [0.25, 0.3) is 0 Å². The van der Waals surface area contributed by atoms with E-state index in [2.05, 4.69) is 9.71 Å². The third-order valence-corrected chi connectivity index (χ3v) is 4.40. The molecule has 1 aliphatic rings. The van der Waals surface area contributed by atoms with Crippen LogP contribution in [0.1, 0.15) is 26.7 Å². The minimum absolute atomic E-state index is 0.00555. The van der Waals surface area contributed by atoms with Crippen molar-refractivity contribution in [3.05, 3.63) is 18.3 Å². The van der Waals surface area contributed by atoms with Crippen LogP contribution in [0.5, 0.6) is 0 Å². The second-order valence-electron chi connectivity index (χ2n) is 5.22. The number of hydrogen-bond donors (Lipinski definition) is 1. The Kier molecular flexibility index (Phi) is 4.38. The van der Waals surface area contributed by atoms with Gasteiger partial charge in [-0.1, -0.05) is 13.8 Å². The number of carbonyl (C=O) groups is 2. The van der Waals surface area contributed by atoms with E-state index in [1.165, 1.54) is 12.1 Å². The Hall–Kier alpha value is -1.80. The van der Waals surface area contributed by atoms with Gasteiger partial charge in [0, 0.05) is 25.6 Å². The molecular weight excluding hydrogens is 294 g/mol.